The molecule has 31 heavy (non-hydrogen) atoms. The molecule has 0 spiro atoms. The highest BCUT2D eigenvalue weighted by molar-refractivity contribution is 7.18. The van der Waals surface area contributed by atoms with E-state index in [0.717, 1.165) is 11.3 Å². The lowest BCUT2D eigenvalue weighted by Gasteiger charge is -2.10. The van der Waals surface area contributed by atoms with Crippen LogP contribution < -0.4 is 5.32 Å². The van der Waals surface area contributed by atoms with E-state index in [4.69, 9.17) is 32.7 Å². The van der Waals surface area contributed by atoms with E-state index in [1.807, 2.05) is 0 Å². The molecule has 1 amide bonds. The first-order chi connectivity index (χ1) is 14.5. The molecular formula is C22H23Cl2NO5S. The van der Waals surface area contributed by atoms with E-state index < -0.39 is 17.8 Å². The van der Waals surface area contributed by atoms with Gasteiger partial charge in [-0.25, -0.2) is 9.59 Å². The van der Waals surface area contributed by atoms with Gasteiger partial charge in [0.25, 0.3) is 0 Å². The molecule has 1 N–H and O–H groups in total. The minimum absolute atomic E-state index is 0.130. The Morgan fingerprint density at radius 3 is 2.19 bits per heavy atom. The van der Waals surface area contributed by atoms with E-state index in [0.29, 0.717) is 21.2 Å². The minimum atomic E-state index is -0.629. The van der Waals surface area contributed by atoms with Gasteiger partial charge < -0.3 is 14.8 Å². The number of amides is 1. The molecule has 1 aromatic heterocycles. The molecule has 9 heteroatoms. The third-order valence-corrected chi connectivity index (χ3v) is 5.76. The molecular weight excluding hydrogens is 461 g/mol. The van der Waals surface area contributed by atoms with Crippen LogP contribution >= 0.6 is 34.5 Å². The molecule has 0 bridgehead atoms. The third-order valence-electron chi connectivity index (χ3n) is 3.83. The highest BCUT2D eigenvalue weighted by Gasteiger charge is 2.28. The first-order valence-electron chi connectivity index (χ1n) is 9.49. The van der Waals surface area contributed by atoms with Gasteiger partial charge in [0.1, 0.15) is 9.88 Å². The van der Waals surface area contributed by atoms with E-state index in [-0.39, 0.29) is 27.6 Å². The second-order valence-corrected chi connectivity index (χ2v) is 9.00. The maximum atomic E-state index is 12.6. The van der Waals surface area contributed by atoms with Crippen LogP contribution in [0.15, 0.2) is 24.3 Å². The Bertz CT molecular complexity index is 1030. The lowest BCUT2D eigenvalue weighted by atomic mass is 10.1. The smallest absolute Gasteiger partial charge is 0.348 e. The first-order valence-corrected chi connectivity index (χ1v) is 11.1. The Morgan fingerprint density at radius 2 is 1.61 bits per heavy atom. The maximum absolute atomic E-state index is 12.6. The predicted molar refractivity (Wildman–Crippen MR) is 124 cm³/mol. The molecule has 0 radical (unpaired) electrons. The summed E-state index contributed by atoms with van der Waals surface area (Å²) in [6.45, 7) is 8.50. The zero-order valence-electron chi connectivity index (χ0n) is 17.7. The Morgan fingerprint density at radius 1 is 1.00 bits per heavy atom. The van der Waals surface area contributed by atoms with Gasteiger partial charge in [-0.3, -0.25) is 4.79 Å². The summed E-state index contributed by atoms with van der Waals surface area (Å²) in [4.78, 5) is 37.8. The summed E-state index contributed by atoms with van der Waals surface area (Å²) in [7, 11) is 0. The van der Waals surface area contributed by atoms with Gasteiger partial charge in [-0.1, -0.05) is 29.3 Å². The summed E-state index contributed by atoms with van der Waals surface area (Å²) >= 11 is 12.8. The Kier molecular flexibility index (Phi) is 8.68. The summed E-state index contributed by atoms with van der Waals surface area (Å²) in [5.74, 6) is -1.69. The number of nitrogens with one attached hydrogen (secondary N) is 1. The Labute approximate surface area is 195 Å². The average Bonchev–Trinajstić information content (AvgIpc) is 2.97. The van der Waals surface area contributed by atoms with Crippen molar-refractivity contribution in [3.63, 3.8) is 0 Å². The molecule has 0 aliphatic rings. The number of thiophene rings is 1. The number of halogens is 2. The molecule has 166 valence electrons. The van der Waals surface area contributed by atoms with Crippen molar-refractivity contribution in [2.75, 3.05) is 5.32 Å². The van der Waals surface area contributed by atoms with Gasteiger partial charge in [-0.05, 0) is 64.0 Å². The molecule has 0 aliphatic heterocycles. The molecule has 2 aromatic rings. The number of hydrogen-bond acceptors (Lipinski definition) is 6. The molecule has 1 heterocycles. The van der Waals surface area contributed by atoms with Crippen molar-refractivity contribution < 1.29 is 23.9 Å². The number of carbonyl (C=O) groups excluding carboxylic acids is 3. The number of rotatable bonds is 7. The summed E-state index contributed by atoms with van der Waals surface area (Å²) in [6, 6.07) is 4.95. The summed E-state index contributed by atoms with van der Waals surface area (Å²) in [6.07, 6.45) is 2.15. The summed E-state index contributed by atoms with van der Waals surface area (Å²) in [5, 5.41) is 3.64. The van der Waals surface area contributed by atoms with E-state index >= 15 is 0 Å². The number of esters is 2. The van der Waals surface area contributed by atoms with E-state index in [2.05, 4.69) is 5.32 Å². The topological polar surface area (TPSA) is 81.7 Å². The summed E-state index contributed by atoms with van der Waals surface area (Å²) in [5.41, 5.74) is 1.20. The lowest BCUT2D eigenvalue weighted by Crippen LogP contribution is -2.16. The fourth-order valence-electron chi connectivity index (χ4n) is 2.52. The van der Waals surface area contributed by atoms with Gasteiger partial charge in [0, 0.05) is 6.08 Å². The number of benzene rings is 1. The molecule has 0 unspecified atom stereocenters. The van der Waals surface area contributed by atoms with Crippen LogP contribution in [0.3, 0.4) is 0 Å². The van der Waals surface area contributed by atoms with Gasteiger partial charge in [0.05, 0.1) is 27.8 Å². The van der Waals surface area contributed by atoms with Gasteiger partial charge in [-0.15, -0.1) is 11.3 Å². The van der Waals surface area contributed by atoms with Crippen molar-refractivity contribution in [2.45, 2.75) is 46.8 Å². The van der Waals surface area contributed by atoms with Crippen LogP contribution in [0, 0.1) is 6.92 Å². The monoisotopic (exact) mass is 483 g/mol. The normalized spacial score (nSPS) is 11.3. The molecule has 6 nitrogen and oxygen atoms in total. The molecule has 0 saturated carbocycles. The average molecular weight is 484 g/mol. The van der Waals surface area contributed by atoms with Crippen molar-refractivity contribution in [3.8, 4) is 0 Å². The van der Waals surface area contributed by atoms with Crippen molar-refractivity contribution in [1.29, 1.82) is 0 Å². The summed E-state index contributed by atoms with van der Waals surface area (Å²) < 4.78 is 10.5. The van der Waals surface area contributed by atoms with Crippen LogP contribution in [0.25, 0.3) is 6.08 Å². The van der Waals surface area contributed by atoms with Crippen molar-refractivity contribution in [1.82, 2.24) is 0 Å². The fourth-order valence-corrected chi connectivity index (χ4v) is 3.91. The number of carbonyl (C=O) groups is 3. The van der Waals surface area contributed by atoms with Crippen molar-refractivity contribution in [3.05, 3.63) is 55.9 Å². The van der Waals surface area contributed by atoms with Crippen molar-refractivity contribution >= 4 is 63.5 Å². The van der Waals surface area contributed by atoms with Crippen LogP contribution in [0.5, 0.6) is 0 Å². The number of hydrogen-bond donors (Lipinski definition) is 1. The van der Waals surface area contributed by atoms with Crippen LogP contribution in [0.1, 0.15) is 58.9 Å². The highest BCUT2D eigenvalue weighted by Crippen LogP contribution is 2.35. The molecule has 0 fully saturated rings. The first kappa shape index (κ1) is 24.9. The Hall–Kier alpha value is -2.35. The predicted octanol–water partition coefficient (Wildman–Crippen LogP) is 6.15. The minimum Gasteiger partial charge on any atom is -0.459 e. The van der Waals surface area contributed by atoms with Crippen molar-refractivity contribution in [2.24, 2.45) is 0 Å². The standard InChI is InChI=1S/C22H23Cl2NO5S/c1-11(2)29-21(27)18-13(5)19(22(28)30-12(3)4)31-20(18)25-17(26)9-7-14-6-8-15(23)16(24)10-14/h6-12H,1-5H3,(H,25,26)/b9-7+. The zero-order chi connectivity index (χ0) is 23.3. The van der Waals surface area contributed by atoms with Gasteiger partial charge in [0.15, 0.2) is 0 Å². The molecule has 0 saturated heterocycles. The van der Waals surface area contributed by atoms with Crippen LogP contribution in [0.2, 0.25) is 10.0 Å². The maximum Gasteiger partial charge on any atom is 0.348 e. The van der Waals surface area contributed by atoms with E-state index in [1.54, 1.807) is 58.9 Å². The van der Waals surface area contributed by atoms with E-state index in [9.17, 15) is 14.4 Å². The highest BCUT2D eigenvalue weighted by atomic mass is 35.5. The van der Waals surface area contributed by atoms with E-state index in [1.165, 1.54) is 6.08 Å². The molecule has 2 rings (SSSR count). The zero-order valence-corrected chi connectivity index (χ0v) is 20.1. The van der Waals surface area contributed by atoms with Crippen LogP contribution in [-0.4, -0.2) is 30.1 Å². The molecule has 1 aromatic carbocycles. The molecule has 0 atom stereocenters. The van der Waals surface area contributed by atoms with Gasteiger partial charge in [-0.2, -0.15) is 0 Å². The SMILES string of the molecule is Cc1c(C(=O)OC(C)C)sc(NC(=O)/C=C/c2ccc(Cl)c(Cl)c2)c1C(=O)OC(C)C. The lowest BCUT2D eigenvalue weighted by molar-refractivity contribution is -0.111. The number of anilines is 1. The van der Waals surface area contributed by atoms with Gasteiger partial charge in [0.2, 0.25) is 5.91 Å². The second kappa shape index (κ2) is 10.8. The van der Waals surface area contributed by atoms with Crippen LogP contribution in [0.4, 0.5) is 5.00 Å². The van der Waals surface area contributed by atoms with Gasteiger partial charge >= 0.3 is 11.9 Å². The molecule has 0 aliphatic carbocycles. The quantitative estimate of drug-likeness (QED) is 0.377. The second-order valence-electron chi connectivity index (χ2n) is 7.16. The largest absolute Gasteiger partial charge is 0.459 e. The van der Waals surface area contributed by atoms with Crippen LogP contribution in [-0.2, 0) is 14.3 Å². The fraction of sp³-hybridized carbons (Fsp3) is 0.318. The number of ether oxygens (including phenoxy) is 2. The Balaban J connectivity index is 2.32. The third kappa shape index (κ3) is 6.82.